The van der Waals surface area contributed by atoms with Gasteiger partial charge in [-0.1, -0.05) is 65.3 Å². The molecule has 0 unspecified atom stereocenters. The molecule has 0 spiro atoms. The van der Waals surface area contributed by atoms with Gasteiger partial charge in [-0.2, -0.15) is 0 Å². The predicted octanol–water partition coefficient (Wildman–Crippen LogP) is 4.66. The van der Waals surface area contributed by atoms with E-state index in [0.29, 0.717) is 5.56 Å². The molecule has 0 atom stereocenters. The fourth-order valence-corrected chi connectivity index (χ4v) is 1.13. The van der Waals surface area contributed by atoms with Gasteiger partial charge >= 0.3 is 5.97 Å². The molecule has 1 N–H and O–H groups in total. The van der Waals surface area contributed by atoms with Crippen LogP contribution in [0.2, 0.25) is 0 Å². The Hall–Kier alpha value is -2.43. The highest BCUT2D eigenvalue weighted by molar-refractivity contribution is 5.96. The van der Waals surface area contributed by atoms with Crippen molar-refractivity contribution in [2.75, 3.05) is 13.7 Å². The number of amides is 1. The molecule has 1 rings (SSSR count). The van der Waals surface area contributed by atoms with E-state index in [0.717, 1.165) is 5.56 Å². The molecule has 0 aliphatic carbocycles. The lowest BCUT2D eigenvalue weighted by molar-refractivity contribution is -0.139. The van der Waals surface area contributed by atoms with Crippen LogP contribution in [0.1, 0.15) is 70.3 Å². The van der Waals surface area contributed by atoms with Gasteiger partial charge in [-0.25, -0.2) is 0 Å². The summed E-state index contributed by atoms with van der Waals surface area (Å²) in [7, 11) is 1.27. The van der Waals surface area contributed by atoms with Crippen LogP contribution < -0.4 is 5.32 Å². The van der Waals surface area contributed by atoms with Crippen molar-refractivity contribution >= 4 is 23.7 Å². The first-order valence-electron chi connectivity index (χ1n) is 8.78. The van der Waals surface area contributed by atoms with Crippen molar-refractivity contribution in [2.45, 2.75) is 54.4 Å². The third kappa shape index (κ3) is 21.6. The standard InChI is InChI=1S/C12H13NO3.C3H6O.2C3H8/c1-3-9-5-4-6-10(7-9)12(15)13-8-11(14)16-2;1-3(2)4;2*1-3-2/h3-7H,1,8H2,2H3,(H,13,15);1-2H3;2*3H2,1-2H3. The highest BCUT2D eigenvalue weighted by Gasteiger charge is 2.07. The van der Waals surface area contributed by atoms with E-state index in [1.165, 1.54) is 33.8 Å². The second-order valence-electron chi connectivity index (χ2n) is 5.41. The van der Waals surface area contributed by atoms with Crippen molar-refractivity contribution in [1.29, 1.82) is 0 Å². The lowest BCUT2D eigenvalue weighted by atomic mass is 10.1. The minimum Gasteiger partial charge on any atom is -0.468 e. The Morgan fingerprint density at radius 3 is 1.92 bits per heavy atom. The quantitative estimate of drug-likeness (QED) is 0.788. The van der Waals surface area contributed by atoms with Gasteiger partial charge < -0.3 is 14.8 Å². The van der Waals surface area contributed by atoms with Gasteiger partial charge in [0.05, 0.1) is 7.11 Å². The summed E-state index contributed by atoms with van der Waals surface area (Å²) in [5.74, 6) is -0.623. The van der Waals surface area contributed by atoms with Gasteiger partial charge in [0, 0.05) is 5.56 Å². The Labute approximate surface area is 158 Å². The minimum absolute atomic E-state index is 0.131. The number of nitrogens with one attached hydrogen (secondary N) is 1. The Bertz CT molecular complexity index is 518. The summed E-state index contributed by atoms with van der Waals surface area (Å²) in [4.78, 5) is 31.8. The summed E-state index contributed by atoms with van der Waals surface area (Å²) in [6, 6.07) is 6.95. The Kier molecular flexibility index (Phi) is 22.5. The molecule has 1 aromatic rings. The molecule has 0 saturated heterocycles. The Morgan fingerprint density at radius 2 is 1.54 bits per heavy atom. The summed E-state index contributed by atoms with van der Waals surface area (Å²) in [6.45, 7) is 15.0. The summed E-state index contributed by atoms with van der Waals surface area (Å²) in [6.07, 6.45) is 4.15. The largest absolute Gasteiger partial charge is 0.468 e. The summed E-state index contributed by atoms with van der Waals surface area (Å²) in [5, 5.41) is 2.45. The number of carbonyl (C=O) groups is 3. The zero-order chi connectivity index (χ0) is 21.0. The van der Waals surface area contributed by atoms with E-state index >= 15 is 0 Å². The number of esters is 1. The number of ether oxygens (including phenoxy) is 1. The van der Waals surface area contributed by atoms with E-state index in [1.807, 2.05) is 6.07 Å². The van der Waals surface area contributed by atoms with Crippen LogP contribution >= 0.6 is 0 Å². The number of ketones is 1. The lowest BCUT2D eigenvalue weighted by Crippen LogP contribution is -2.30. The molecule has 5 nitrogen and oxygen atoms in total. The number of benzene rings is 1. The number of carbonyl (C=O) groups excluding carboxylic acids is 3. The molecule has 1 amide bonds. The average Bonchev–Trinajstić information content (AvgIpc) is 2.60. The van der Waals surface area contributed by atoms with Crippen LogP contribution in [0.4, 0.5) is 0 Å². The maximum absolute atomic E-state index is 11.6. The van der Waals surface area contributed by atoms with Gasteiger partial charge in [0.15, 0.2) is 0 Å². The van der Waals surface area contributed by atoms with Gasteiger partial charge in [-0.05, 0) is 31.5 Å². The van der Waals surface area contributed by atoms with E-state index in [1.54, 1.807) is 24.3 Å². The minimum atomic E-state index is -0.478. The molecule has 26 heavy (non-hydrogen) atoms. The van der Waals surface area contributed by atoms with Crippen molar-refractivity contribution in [2.24, 2.45) is 0 Å². The van der Waals surface area contributed by atoms with E-state index in [2.05, 4.69) is 44.3 Å². The number of Topliss-reactive ketones (excluding diaryl/α,β-unsaturated/α-hetero) is 1. The van der Waals surface area contributed by atoms with Gasteiger partial charge in [0.25, 0.3) is 5.91 Å². The van der Waals surface area contributed by atoms with Crippen LogP contribution in [0.15, 0.2) is 30.8 Å². The molecule has 0 saturated carbocycles. The molecular formula is C21H35NO4. The normalized spacial score (nSPS) is 8.12. The van der Waals surface area contributed by atoms with Crippen LogP contribution in [0.25, 0.3) is 6.08 Å². The van der Waals surface area contributed by atoms with Gasteiger partial charge in [0.2, 0.25) is 0 Å². The molecule has 1 aromatic carbocycles. The average molecular weight is 366 g/mol. The zero-order valence-electron chi connectivity index (χ0n) is 17.3. The van der Waals surface area contributed by atoms with Gasteiger partial charge in [-0.15, -0.1) is 0 Å². The molecule has 0 aliphatic heterocycles. The third-order valence-corrected chi connectivity index (χ3v) is 2.01. The van der Waals surface area contributed by atoms with Gasteiger partial charge in [-0.3, -0.25) is 9.59 Å². The molecule has 0 radical (unpaired) electrons. The van der Waals surface area contributed by atoms with Gasteiger partial charge in [0.1, 0.15) is 12.3 Å². The molecule has 148 valence electrons. The zero-order valence-corrected chi connectivity index (χ0v) is 17.3. The Morgan fingerprint density at radius 1 is 1.08 bits per heavy atom. The number of methoxy groups -OCH3 is 1. The van der Waals surface area contributed by atoms with E-state index in [4.69, 9.17) is 0 Å². The number of rotatable bonds is 4. The first-order valence-corrected chi connectivity index (χ1v) is 8.78. The van der Waals surface area contributed by atoms with E-state index in [-0.39, 0.29) is 18.2 Å². The summed E-state index contributed by atoms with van der Waals surface area (Å²) in [5.41, 5.74) is 1.34. The predicted molar refractivity (Wildman–Crippen MR) is 109 cm³/mol. The van der Waals surface area contributed by atoms with Crippen LogP contribution in [-0.2, 0) is 14.3 Å². The maximum atomic E-state index is 11.6. The SMILES string of the molecule is C=Cc1cccc(C(=O)NCC(=O)OC)c1.CC(C)=O.CCC.CCC. The van der Waals surface area contributed by atoms with Crippen molar-refractivity contribution in [3.8, 4) is 0 Å². The lowest BCUT2D eigenvalue weighted by Gasteiger charge is -2.04. The first-order chi connectivity index (χ1) is 12.2. The molecule has 0 fully saturated rings. The van der Waals surface area contributed by atoms with E-state index in [9.17, 15) is 14.4 Å². The van der Waals surface area contributed by atoms with Crippen molar-refractivity contribution in [1.82, 2.24) is 5.32 Å². The van der Waals surface area contributed by atoms with Crippen LogP contribution in [0.5, 0.6) is 0 Å². The second kappa shape index (κ2) is 20.6. The molecule has 5 heteroatoms. The van der Waals surface area contributed by atoms with Crippen molar-refractivity contribution in [3.63, 3.8) is 0 Å². The van der Waals surface area contributed by atoms with Crippen molar-refractivity contribution < 1.29 is 19.1 Å². The summed E-state index contributed by atoms with van der Waals surface area (Å²) < 4.78 is 4.41. The molecular weight excluding hydrogens is 330 g/mol. The molecule has 0 aliphatic rings. The smallest absolute Gasteiger partial charge is 0.325 e. The fourth-order valence-electron chi connectivity index (χ4n) is 1.13. The maximum Gasteiger partial charge on any atom is 0.325 e. The molecule has 0 bridgehead atoms. The number of hydrogen-bond acceptors (Lipinski definition) is 4. The summed E-state index contributed by atoms with van der Waals surface area (Å²) >= 11 is 0. The van der Waals surface area contributed by atoms with E-state index < -0.39 is 5.97 Å². The highest BCUT2D eigenvalue weighted by Crippen LogP contribution is 2.05. The third-order valence-electron chi connectivity index (χ3n) is 2.01. The van der Waals surface area contributed by atoms with Crippen LogP contribution in [0, 0.1) is 0 Å². The number of hydrogen-bond donors (Lipinski definition) is 1. The Balaban J connectivity index is -0.000000439. The molecule has 0 aromatic heterocycles. The first kappa shape index (κ1) is 28.4. The van der Waals surface area contributed by atoms with Crippen molar-refractivity contribution in [3.05, 3.63) is 42.0 Å². The topological polar surface area (TPSA) is 72.5 Å². The highest BCUT2D eigenvalue weighted by atomic mass is 16.5. The second-order valence-corrected chi connectivity index (χ2v) is 5.41. The fraction of sp³-hybridized carbons (Fsp3) is 0.476. The van der Waals surface area contributed by atoms with Crippen LogP contribution in [0.3, 0.4) is 0 Å². The van der Waals surface area contributed by atoms with Crippen LogP contribution in [-0.4, -0.2) is 31.3 Å². The molecule has 0 heterocycles. The monoisotopic (exact) mass is 365 g/mol.